The maximum absolute atomic E-state index is 13.0. The molecule has 0 atom stereocenters. The Morgan fingerprint density at radius 1 is 1.15 bits per heavy atom. The summed E-state index contributed by atoms with van der Waals surface area (Å²) in [5.41, 5.74) is 0. The molecule has 2 aliphatic heterocycles. The molecule has 2 fully saturated rings. The van der Waals surface area contributed by atoms with Gasteiger partial charge in [-0.05, 0) is 31.9 Å². The van der Waals surface area contributed by atoms with Crippen LogP contribution in [0.3, 0.4) is 0 Å². The first-order valence-corrected chi connectivity index (χ1v) is 12.9. The summed E-state index contributed by atoms with van der Waals surface area (Å²) in [4.78, 5) is 40.4. The van der Waals surface area contributed by atoms with Gasteiger partial charge < -0.3 is 19.4 Å². The van der Waals surface area contributed by atoms with E-state index >= 15 is 0 Å². The van der Waals surface area contributed by atoms with Crippen LogP contribution in [0.4, 0.5) is 0 Å². The van der Waals surface area contributed by atoms with Crippen LogP contribution in [-0.4, -0.2) is 99.3 Å². The molecule has 2 amide bonds. The third-order valence-corrected chi connectivity index (χ3v) is 7.72. The Morgan fingerprint density at radius 3 is 2.44 bits per heavy atom. The summed E-state index contributed by atoms with van der Waals surface area (Å²) in [7, 11) is -3.91. The third kappa shape index (κ3) is 6.24. The molecule has 0 bridgehead atoms. The number of carbonyl (C=O) groups is 3. The zero-order valence-corrected chi connectivity index (χ0v) is 20.2. The lowest BCUT2D eigenvalue weighted by atomic mass is 9.96. The zero-order chi connectivity index (χ0) is 24.7. The molecule has 1 aromatic rings. The Labute approximate surface area is 199 Å². The minimum Gasteiger partial charge on any atom is -0.460 e. The summed E-state index contributed by atoms with van der Waals surface area (Å²) in [6, 6.07) is 2.53. The second kappa shape index (κ2) is 11.6. The largest absolute Gasteiger partial charge is 0.460 e. The van der Waals surface area contributed by atoms with Crippen LogP contribution in [0.5, 0.6) is 0 Å². The molecule has 0 aromatic carbocycles. The molecule has 188 valence electrons. The molecule has 34 heavy (non-hydrogen) atoms. The van der Waals surface area contributed by atoms with Gasteiger partial charge in [-0.1, -0.05) is 6.08 Å². The molecular formula is C22H32N4O7S. The number of nitrogens with one attached hydrogen (secondary N) is 1. The summed E-state index contributed by atoms with van der Waals surface area (Å²) in [5.74, 6) is -1.18. The van der Waals surface area contributed by atoms with E-state index in [0.29, 0.717) is 45.6 Å². The van der Waals surface area contributed by atoms with Crippen molar-refractivity contribution < 1.29 is 32.0 Å². The van der Waals surface area contributed by atoms with Gasteiger partial charge in [-0.25, -0.2) is 13.2 Å². The highest BCUT2D eigenvalue weighted by atomic mass is 32.2. The van der Waals surface area contributed by atoms with Crippen LogP contribution >= 0.6 is 0 Å². The van der Waals surface area contributed by atoms with E-state index in [1.54, 1.807) is 17.9 Å². The number of carbonyl (C=O) groups excluding carboxylic acids is 3. The van der Waals surface area contributed by atoms with Gasteiger partial charge in [-0.3, -0.25) is 14.5 Å². The lowest BCUT2D eigenvalue weighted by molar-refractivity contribution is -0.138. The Bertz CT molecular complexity index is 991. The van der Waals surface area contributed by atoms with Gasteiger partial charge in [-0.2, -0.15) is 4.31 Å². The maximum Gasteiger partial charge on any atom is 0.374 e. The maximum atomic E-state index is 13.0. The monoisotopic (exact) mass is 496 g/mol. The molecule has 3 rings (SSSR count). The number of piperazine rings is 1. The summed E-state index contributed by atoms with van der Waals surface area (Å²) in [5, 5.41) is 2.43. The van der Waals surface area contributed by atoms with Crippen molar-refractivity contribution in [1.29, 1.82) is 0 Å². The van der Waals surface area contributed by atoms with Gasteiger partial charge in [0.05, 0.1) is 13.2 Å². The molecule has 0 spiro atoms. The molecule has 1 aromatic heterocycles. The Morgan fingerprint density at radius 2 is 1.82 bits per heavy atom. The number of hydrogen-bond donors (Lipinski definition) is 1. The minimum atomic E-state index is -3.91. The van der Waals surface area contributed by atoms with E-state index in [9.17, 15) is 22.8 Å². The number of ether oxygens (including phenoxy) is 1. The zero-order valence-electron chi connectivity index (χ0n) is 19.4. The summed E-state index contributed by atoms with van der Waals surface area (Å²) in [6.45, 7) is 8.77. The highest BCUT2D eigenvalue weighted by Gasteiger charge is 2.36. The second-order valence-electron chi connectivity index (χ2n) is 8.21. The molecule has 3 heterocycles. The first-order chi connectivity index (χ1) is 16.3. The molecule has 2 saturated heterocycles. The van der Waals surface area contributed by atoms with Crippen molar-refractivity contribution in [1.82, 2.24) is 19.4 Å². The van der Waals surface area contributed by atoms with Crippen molar-refractivity contribution in [3.8, 4) is 0 Å². The number of piperidine rings is 1. The third-order valence-electron chi connectivity index (χ3n) is 5.95. The molecule has 1 N–H and O–H groups in total. The van der Waals surface area contributed by atoms with Crippen LogP contribution in [0.15, 0.2) is 34.3 Å². The predicted octanol–water partition coefficient (Wildman–Crippen LogP) is 0.303. The Kier molecular flexibility index (Phi) is 8.86. The van der Waals surface area contributed by atoms with E-state index < -0.39 is 16.0 Å². The van der Waals surface area contributed by atoms with Gasteiger partial charge in [0.25, 0.3) is 10.0 Å². The normalized spacial score (nSPS) is 18.4. The van der Waals surface area contributed by atoms with E-state index in [1.165, 1.54) is 16.4 Å². The van der Waals surface area contributed by atoms with Crippen LogP contribution in [0, 0.1) is 5.92 Å². The van der Waals surface area contributed by atoms with Crippen LogP contribution in [-0.2, 0) is 24.3 Å². The van der Waals surface area contributed by atoms with E-state index in [1.807, 2.05) is 4.90 Å². The lowest BCUT2D eigenvalue weighted by Crippen LogP contribution is -2.53. The highest BCUT2D eigenvalue weighted by Crippen LogP contribution is 2.26. The average molecular weight is 497 g/mol. The number of esters is 1. The first kappa shape index (κ1) is 25.9. The summed E-state index contributed by atoms with van der Waals surface area (Å²) >= 11 is 0. The number of furan rings is 1. The van der Waals surface area contributed by atoms with E-state index in [-0.39, 0.29) is 54.8 Å². The highest BCUT2D eigenvalue weighted by molar-refractivity contribution is 7.89. The van der Waals surface area contributed by atoms with Gasteiger partial charge >= 0.3 is 5.97 Å². The summed E-state index contributed by atoms with van der Waals surface area (Å²) < 4.78 is 37.1. The number of hydrogen-bond acceptors (Lipinski definition) is 8. The van der Waals surface area contributed by atoms with Crippen LogP contribution in [0.2, 0.25) is 0 Å². The fourth-order valence-electron chi connectivity index (χ4n) is 4.07. The van der Waals surface area contributed by atoms with Gasteiger partial charge in [0.1, 0.15) is 0 Å². The van der Waals surface area contributed by atoms with Crippen molar-refractivity contribution in [3.63, 3.8) is 0 Å². The average Bonchev–Trinajstić information content (AvgIpc) is 3.35. The topological polar surface area (TPSA) is 129 Å². The quantitative estimate of drug-likeness (QED) is 0.382. The van der Waals surface area contributed by atoms with Crippen molar-refractivity contribution in [2.75, 3.05) is 59.0 Å². The summed E-state index contributed by atoms with van der Waals surface area (Å²) in [6.07, 6.45) is 2.45. The number of sulfonamides is 1. The van der Waals surface area contributed by atoms with Crippen molar-refractivity contribution in [2.45, 2.75) is 24.9 Å². The molecule has 0 unspecified atom stereocenters. The molecule has 12 heteroatoms. The van der Waals surface area contributed by atoms with Crippen molar-refractivity contribution in [2.24, 2.45) is 5.92 Å². The number of nitrogens with zero attached hydrogens (tertiary/aromatic N) is 3. The van der Waals surface area contributed by atoms with Crippen LogP contribution in [0.25, 0.3) is 0 Å². The van der Waals surface area contributed by atoms with Gasteiger partial charge in [0, 0.05) is 51.7 Å². The van der Waals surface area contributed by atoms with Gasteiger partial charge in [0.2, 0.25) is 22.7 Å². The second-order valence-corrected chi connectivity index (χ2v) is 10.1. The molecule has 11 nitrogen and oxygen atoms in total. The minimum absolute atomic E-state index is 0.0235. The predicted molar refractivity (Wildman–Crippen MR) is 122 cm³/mol. The molecule has 0 aliphatic carbocycles. The molecule has 0 saturated carbocycles. The fraction of sp³-hybridized carbons (Fsp3) is 0.591. The standard InChI is InChI=1S/C22H32N4O7S/c1-3-9-23-19(27)16-24-12-14-25(15-13-24)21(28)17-7-10-26(11-8-17)34(30,31)20-6-5-18(33-20)22(29)32-4-2/h3,5-6,17H,1,4,7-16H2,2H3,(H,23,27). The SMILES string of the molecule is C=CCNC(=O)CN1CCN(C(=O)C2CCN(S(=O)(=O)c3ccc(C(=O)OCC)o3)CC2)CC1. The lowest BCUT2D eigenvalue weighted by Gasteiger charge is -2.38. The van der Waals surface area contributed by atoms with Crippen molar-refractivity contribution in [3.05, 3.63) is 30.5 Å². The fourth-order valence-corrected chi connectivity index (χ4v) is 5.45. The number of rotatable bonds is 9. The smallest absolute Gasteiger partial charge is 0.374 e. The van der Waals surface area contributed by atoms with Gasteiger partial charge in [-0.15, -0.1) is 6.58 Å². The molecule has 0 radical (unpaired) electrons. The Hall–Kier alpha value is -2.70. The van der Waals surface area contributed by atoms with Crippen molar-refractivity contribution >= 4 is 27.8 Å². The van der Waals surface area contributed by atoms with E-state index in [4.69, 9.17) is 9.15 Å². The first-order valence-electron chi connectivity index (χ1n) is 11.4. The van der Waals surface area contributed by atoms with Gasteiger partial charge in [0.15, 0.2) is 0 Å². The molecule has 2 aliphatic rings. The van der Waals surface area contributed by atoms with E-state index in [0.717, 1.165) is 0 Å². The number of amides is 2. The van der Waals surface area contributed by atoms with Crippen LogP contribution in [0.1, 0.15) is 30.3 Å². The van der Waals surface area contributed by atoms with E-state index in [2.05, 4.69) is 11.9 Å². The van der Waals surface area contributed by atoms with Crippen LogP contribution < -0.4 is 5.32 Å². The Balaban J connectivity index is 1.48. The molecular weight excluding hydrogens is 464 g/mol.